The van der Waals surface area contributed by atoms with Crippen molar-refractivity contribution in [2.45, 2.75) is 35.0 Å². The van der Waals surface area contributed by atoms with Crippen LogP contribution in [-0.4, -0.2) is 105 Å². The molecule has 0 spiro atoms. The topological polar surface area (TPSA) is 296 Å². The molecule has 0 radical (unpaired) electrons. The van der Waals surface area contributed by atoms with Gasteiger partial charge in [0.1, 0.15) is 18.1 Å². The molecule has 1 aliphatic rings. The molecule has 1 heterocycles. The number of hydrogen-bond donors (Lipinski definition) is 8. The van der Waals surface area contributed by atoms with Gasteiger partial charge in [-0.1, -0.05) is 24.3 Å². The van der Waals surface area contributed by atoms with Crippen molar-refractivity contribution >= 4 is 68.1 Å². The summed E-state index contributed by atoms with van der Waals surface area (Å²) in [5.74, 6) is -3.37. The summed E-state index contributed by atoms with van der Waals surface area (Å²) in [6.07, 6.45) is 2.54. The quantitative estimate of drug-likeness (QED) is 0.0383. The van der Waals surface area contributed by atoms with E-state index in [1.54, 1.807) is 18.2 Å². The second-order valence-electron chi connectivity index (χ2n) is 10.9. The standard InChI is InChI=1S/C29H37N9O6S.CHF3O3S/c1-45(19-6-3-2-4-7-19)17-18-9-10-21-20(12-18)27(43)36-15-25(41)34-13-23(39)33-14-24(40)35-16-26(42)37-22(28(44)38-21)8-5-11-32-29(30)31;2-1(3,4)8(5,6)7/h2-4,6-7,9-10,12,22H,5,8,11,13-17H2,1H3,(H9-,30,31,32,33,34,35,36,37,38,39,40,41,42,43,44);(H,5,6,7)/t22-,45?;/m0./s1. The molecule has 18 nitrogen and oxygen atoms in total. The summed E-state index contributed by atoms with van der Waals surface area (Å²) in [4.78, 5) is 80.9. The number of nitrogens with one attached hydrogen (secondary N) is 6. The molecule has 1 aliphatic heterocycles. The average Bonchev–Trinajstić information content (AvgIpc) is 3.09. The zero-order valence-corrected chi connectivity index (χ0v) is 29.7. The fraction of sp³-hybridized carbons (Fsp3) is 0.367. The van der Waals surface area contributed by atoms with Crippen LogP contribution in [0, 0.1) is 0 Å². The zero-order valence-electron chi connectivity index (χ0n) is 28.1. The van der Waals surface area contributed by atoms with E-state index in [0.717, 1.165) is 10.5 Å². The van der Waals surface area contributed by atoms with Gasteiger partial charge in [0.2, 0.25) is 29.5 Å². The smallest absolute Gasteiger partial charge is 0.485 e. The summed E-state index contributed by atoms with van der Waals surface area (Å²) < 4.78 is 58.9. The van der Waals surface area contributed by atoms with Gasteiger partial charge < -0.3 is 47.9 Å². The summed E-state index contributed by atoms with van der Waals surface area (Å²) in [5.41, 5.74) is 6.20. The van der Waals surface area contributed by atoms with Crippen molar-refractivity contribution in [2.75, 3.05) is 44.3 Å². The molecule has 0 aliphatic carbocycles. The van der Waals surface area contributed by atoms with Crippen LogP contribution in [0.1, 0.15) is 28.8 Å². The van der Waals surface area contributed by atoms with Crippen molar-refractivity contribution in [1.29, 1.82) is 0 Å². The Hall–Kier alpha value is -5.42. The van der Waals surface area contributed by atoms with Crippen molar-refractivity contribution in [3.05, 3.63) is 59.7 Å². The fourth-order valence-electron chi connectivity index (χ4n) is 4.18. The normalized spacial score (nSPS) is 17.2. The van der Waals surface area contributed by atoms with Crippen LogP contribution in [0.4, 0.5) is 18.9 Å². The first-order valence-electron chi connectivity index (χ1n) is 15.3. The summed E-state index contributed by atoms with van der Waals surface area (Å²) >= 11 is 0. The molecule has 53 heavy (non-hydrogen) atoms. The lowest BCUT2D eigenvalue weighted by molar-refractivity contribution is -0.129. The highest BCUT2D eigenvalue weighted by Crippen LogP contribution is 2.23. The molecular weight excluding hydrogens is 752 g/mol. The second-order valence-corrected chi connectivity index (χ2v) is 14.4. The van der Waals surface area contributed by atoms with Gasteiger partial charge in [0.25, 0.3) is 5.91 Å². The van der Waals surface area contributed by atoms with E-state index in [1.807, 2.05) is 30.3 Å². The van der Waals surface area contributed by atoms with Gasteiger partial charge in [0, 0.05) is 23.0 Å². The van der Waals surface area contributed by atoms with Gasteiger partial charge in [-0.15, -0.1) is 0 Å². The maximum Gasteiger partial charge on any atom is 0.485 e. The van der Waals surface area contributed by atoms with Crippen molar-refractivity contribution < 1.29 is 54.9 Å². The molecule has 0 saturated heterocycles. The molecule has 2 atom stereocenters. The lowest BCUT2D eigenvalue weighted by atomic mass is 10.1. The summed E-state index contributed by atoms with van der Waals surface area (Å²) in [6.45, 7) is -1.59. The van der Waals surface area contributed by atoms with Gasteiger partial charge in [-0.05, 0) is 37.1 Å². The number of guanidine groups is 1. The SMILES string of the molecule is C[S+](Cc1ccc2c(c1)C(=O)NCC(=O)NCC(=O)NCC(=O)NCC(=O)N[C@@H](CCCN=C(N)N)C(=O)N2)c1ccccc1.O=S(=O)([O-])C(F)(F)F. The first kappa shape index (κ1) is 43.7. The highest BCUT2D eigenvalue weighted by Gasteiger charge is 2.37. The minimum absolute atomic E-state index is 0.104. The van der Waals surface area contributed by atoms with Crippen LogP contribution in [0.25, 0.3) is 0 Å². The van der Waals surface area contributed by atoms with Gasteiger partial charge in [-0.25, -0.2) is 8.42 Å². The number of carbonyl (C=O) groups excluding carboxylic acids is 6. The first-order valence-corrected chi connectivity index (χ1v) is 18.5. The second kappa shape index (κ2) is 20.6. The predicted octanol–water partition coefficient (Wildman–Crippen LogP) is -1.89. The number of fused-ring (bicyclic) bond motifs is 1. The van der Waals surface area contributed by atoms with Crippen molar-refractivity contribution in [3.63, 3.8) is 0 Å². The van der Waals surface area contributed by atoms with Gasteiger partial charge >= 0.3 is 5.51 Å². The van der Waals surface area contributed by atoms with Crippen molar-refractivity contribution in [1.82, 2.24) is 26.6 Å². The van der Waals surface area contributed by atoms with Crippen LogP contribution in [0.5, 0.6) is 0 Å². The summed E-state index contributed by atoms with van der Waals surface area (Å²) in [7, 11) is -6.28. The van der Waals surface area contributed by atoms with Crippen molar-refractivity contribution in [3.8, 4) is 0 Å². The Bertz CT molecular complexity index is 1780. The Balaban J connectivity index is 0.00000109. The monoisotopic (exact) mass is 789 g/mol. The maximum atomic E-state index is 13.5. The van der Waals surface area contributed by atoms with Crippen LogP contribution in [0.3, 0.4) is 0 Å². The van der Waals surface area contributed by atoms with E-state index in [-0.39, 0.29) is 41.1 Å². The average molecular weight is 790 g/mol. The molecule has 2 aromatic rings. The van der Waals surface area contributed by atoms with Gasteiger partial charge in [-0.3, -0.25) is 33.8 Å². The molecule has 3 rings (SSSR count). The number of nitrogens with two attached hydrogens (primary N) is 2. The molecule has 0 bridgehead atoms. The molecule has 23 heteroatoms. The third-order valence-corrected chi connectivity index (χ3v) is 9.15. The number of carbonyl (C=O) groups is 6. The van der Waals surface area contributed by atoms with Crippen molar-refractivity contribution in [2.24, 2.45) is 16.5 Å². The number of amides is 6. The van der Waals surface area contributed by atoms with E-state index < -0.39 is 83.3 Å². The molecule has 2 aromatic carbocycles. The number of halogens is 3. The molecule has 10 N–H and O–H groups in total. The minimum atomic E-state index is -6.09. The van der Waals surface area contributed by atoms with E-state index in [0.29, 0.717) is 12.2 Å². The summed E-state index contributed by atoms with van der Waals surface area (Å²) in [6, 6.07) is 13.8. The van der Waals surface area contributed by atoms with E-state index in [9.17, 15) is 41.9 Å². The lowest BCUT2D eigenvalue weighted by Crippen LogP contribution is -2.49. The predicted molar refractivity (Wildman–Crippen MR) is 186 cm³/mol. The number of benzene rings is 2. The molecular formula is C30H38F3N9O9S2. The van der Waals surface area contributed by atoms with E-state index >= 15 is 0 Å². The van der Waals surface area contributed by atoms with E-state index in [1.165, 1.54) is 0 Å². The van der Waals surface area contributed by atoms with Crippen LogP contribution in [0.15, 0.2) is 58.4 Å². The Morgan fingerprint density at radius 2 is 1.40 bits per heavy atom. The fourth-order valence-corrected chi connectivity index (χ4v) is 5.65. The minimum Gasteiger partial charge on any atom is -0.741 e. The number of anilines is 1. The maximum absolute atomic E-state index is 13.5. The third-order valence-electron chi connectivity index (χ3n) is 6.74. The molecule has 6 amide bonds. The van der Waals surface area contributed by atoms with Crippen LogP contribution >= 0.6 is 0 Å². The Labute approximate surface area is 304 Å². The highest BCUT2D eigenvalue weighted by atomic mass is 32.2. The van der Waals surface area contributed by atoms with Crippen LogP contribution in [0.2, 0.25) is 0 Å². The lowest BCUT2D eigenvalue weighted by Gasteiger charge is -2.20. The Morgan fingerprint density at radius 3 is 1.92 bits per heavy atom. The van der Waals surface area contributed by atoms with E-state index in [4.69, 9.17) is 24.4 Å². The molecule has 0 aromatic heterocycles. The number of hydrogen-bond acceptors (Lipinski definition) is 10. The molecule has 0 saturated carbocycles. The Kier molecular flexibility index (Phi) is 17.0. The number of rotatable bonds is 7. The van der Waals surface area contributed by atoms with E-state index in [2.05, 4.69) is 43.1 Å². The third kappa shape index (κ3) is 16.2. The molecule has 1 unspecified atom stereocenters. The van der Waals surface area contributed by atoms with Gasteiger partial charge in [-0.2, -0.15) is 13.2 Å². The highest BCUT2D eigenvalue weighted by molar-refractivity contribution is 7.95. The van der Waals surface area contributed by atoms with Crippen LogP contribution < -0.4 is 43.4 Å². The first-order chi connectivity index (χ1) is 24.8. The van der Waals surface area contributed by atoms with Crippen LogP contribution in [-0.2, 0) is 50.7 Å². The zero-order chi connectivity index (χ0) is 39.8. The number of alkyl halides is 3. The molecule has 290 valence electrons. The summed E-state index contributed by atoms with van der Waals surface area (Å²) in [5, 5.41) is 14.9. The number of nitrogens with zero attached hydrogens (tertiary/aromatic N) is 1. The molecule has 0 fully saturated rings. The van der Waals surface area contributed by atoms with Gasteiger partial charge in [0.15, 0.2) is 21.0 Å². The number of aliphatic imine (C=N–C) groups is 1. The van der Waals surface area contributed by atoms with Gasteiger partial charge in [0.05, 0.1) is 37.4 Å². The largest absolute Gasteiger partial charge is 0.741 e. The Morgan fingerprint density at radius 1 is 0.868 bits per heavy atom.